The van der Waals surface area contributed by atoms with Gasteiger partial charge in [0, 0.05) is 10.9 Å². The van der Waals surface area contributed by atoms with E-state index in [1.165, 1.54) is 0 Å². The van der Waals surface area contributed by atoms with Gasteiger partial charge in [-0.15, -0.1) is 12.4 Å². The van der Waals surface area contributed by atoms with Crippen LogP contribution in [0.4, 0.5) is 11.5 Å². The molecule has 0 radical (unpaired) electrons. The lowest BCUT2D eigenvalue weighted by Gasteiger charge is -2.12. The first-order valence-corrected chi connectivity index (χ1v) is 8.09. The van der Waals surface area contributed by atoms with Crippen molar-refractivity contribution in [3.63, 3.8) is 0 Å². The molecule has 0 aliphatic rings. The fourth-order valence-corrected chi connectivity index (χ4v) is 2.77. The summed E-state index contributed by atoms with van der Waals surface area (Å²) in [5.74, 6) is 1.51. The van der Waals surface area contributed by atoms with Gasteiger partial charge in [0.2, 0.25) is 0 Å². The zero-order valence-electron chi connectivity index (χ0n) is 14.2. The summed E-state index contributed by atoms with van der Waals surface area (Å²) in [7, 11) is 0. The zero-order valence-corrected chi connectivity index (χ0v) is 15.0. The molecule has 26 heavy (non-hydrogen) atoms. The molecule has 5 heteroatoms. The lowest BCUT2D eigenvalue weighted by atomic mass is 10.1. The van der Waals surface area contributed by atoms with Gasteiger partial charge < -0.3 is 10.4 Å². The Morgan fingerprint density at radius 3 is 2.38 bits per heavy atom. The largest absolute Gasteiger partial charge is 0.506 e. The third-order valence-electron chi connectivity index (χ3n) is 4.04. The van der Waals surface area contributed by atoms with E-state index in [1.54, 1.807) is 6.07 Å². The predicted molar refractivity (Wildman–Crippen MR) is 108 cm³/mol. The van der Waals surface area contributed by atoms with Crippen molar-refractivity contribution >= 4 is 34.8 Å². The average Bonchev–Trinajstić information content (AvgIpc) is 2.65. The second-order valence-electron chi connectivity index (χ2n) is 5.92. The number of aromatic nitrogens is 2. The molecule has 4 nitrogen and oxygen atoms in total. The van der Waals surface area contributed by atoms with Gasteiger partial charge in [-0.1, -0.05) is 48.5 Å². The van der Waals surface area contributed by atoms with Crippen LogP contribution in [-0.4, -0.2) is 15.1 Å². The second-order valence-corrected chi connectivity index (χ2v) is 5.92. The van der Waals surface area contributed by atoms with Crippen LogP contribution in [0.5, 0.6) is 5.75 Å². The van der Waals surface area contributed by atoms with E-state index in [2.05, 4.69) is 10.3 Å². The Labute approximate surface area is 158 Å². The maximum atomic E-state index is 10.1. The number of nitrogens with one attached hydrogen (secondary N) is 1. The molecule has 4 rings (SSSR count). The Morgan fingerprint density at radius 1 is 0.846 bits per heavy atom. The molecule has 0 saturated carbocycles. The van der Waals surface area contributed by atoms with Gasteiger partial charge in [0.05, 0.1) is 11.2 Å². The Morgan fingerprint density at radius 2 is 1.58 bits per heavy atom. The maximum absolute atomic E-state index is 10.1. The van der Waals surface area contributed by atoms with Gasteiger partial charge in [-0.05, 0) is 36.8 Å². The van der Waals surface area contributed by atoms with Crippen LogP contribution in [0.2, 0.25) is 0 Å². The number of benzene rings is 3. The molecule has 0 unspecified atom stereocenters. The number of hydrogen-bond donors (Lipinski definition) is 2. The number of fused-ring (bicyclic) bond motifs is 1. The van der Waals surface area contributed by atoms with Crippen molar-refractivity contribution in [2.45, 2.75) is 6.92 Å². The van der Waals surface area contributed by atoms with E-state index in [4.69, 9.17) is 4.98 Å². The van der Waals surface area contributed by atoms with Crippen molar-refractivity contribution in [1.82, 2.24) is 9.97 Å². The standard InChI is InChI=1S/C21H17N3O.ClH/c1-14-11-12-19(25)18(13-14)23-21-16-9-5-6-10-17(16)22-20(24-21)15-7-3-2-4-8-15;/h2-13,25H,1H3,(H,22,23,24);1H. The van der Waals surface area contributed by atoms with Crippen LogP contribution in [0.25, 0.3) is 22.3 Å². The highest BCUT2D eigenvalue weighted by Crippen LogP contribution is 2.31. The molecule has 1 aromatic heterocycles. The van der Waals surface area contributed by atoms with Crippen LogP contribution in [0.15, 0.2) is 72.8 Å². The van der Waals surface area contributed by atoms with Gasteiger partial charge in [0.25, 0.3) is 0 Å². The lowest BCUT2D eigenvalue weighted by Crippen LogP contribution is -1.99. The van der Waals surface area contributed by atoms with Crippen molar-refractivity contribution in [1.29, 1.82) is 0 Å². The molecule has 0 bridgehead atoms. The van der Waals surface area contributed by atoms with Crippen LogP contribution >= 0.6 is 12.4 Å². The molecule has 4 aromatic rings. The third kappa shape index (κ3) is 3.46. The van der Waals surface area contributed by atoms with Crippen LogP contribution in [0.3, 0.4) is 0 Å². The zero-order chi connectivity index (χ0) is 17.2. The van der Waals surface area contributed by atoms with E-state index in [0.29, 0.717) is 17.3 Å². The number of aromatic hydroxyl groups is 1. The van der Waals surface area contributed by atoms with Crippen molar-refractivity contribution in [3.05, 3.63) is 78.4 Å². The van der Waals surface area contributed by atoms with Crippen molar-refractivity contribution < 1.29 is 5.11 Å². The number of halogens is 1. The highest BCUT2D eigenvalue weighted by atomic mass is 35.5. The minimum atomic E-state index is 0. The molecule has 3 aromatic carbocycles. The molecule has 0 spiro atoms. The molecule has 0 amide bonds. The van der Waals surface area contributed by atoms with Crippen molar-refractivity contribution in [2.75, 3.05) is 5.32 Å². The topological polar surface area (TPSA) is 58.0 Å². The smallest absolute Gasteiger partial charge is 0.162 e. The van der Waals surface area contributed by atoms with Crippen LogP contribution < -0.4 is 5.32 Å². The summed E-state index contributed by atoms with van der Waals surface area (Å²) < 4.78 is 0. The monoisotopic (exact) mass is 363 g/mol. The number of hydrogen-bond acceptors (Lipinski definition) is 4. The molecule has 0 atom stereocenters. The maximum Gasteiger partial charge on any atom is 0.162 e. The van der Waals surface area contributed by atoms with Crippen LogP contribution in [0.1, 0.15) is 5.56 Å². The predicted octanol–water partition coefficient (Wildman–Crippen LogP) is 5.48. The summed E-state index contributed by atoms with van der Waals surface area (Å²) in [4.78, 5) is 9.38. The first kappa shape index (κ1) is 17.7. The molecular weight excluding hydrogens is 346 g/mol. The first-order valence-electron chi connectivity index (χ1n) is 8.09. The van der Waals surface area contributed by atoms with Crippen molar-refractivity contribution in [3.8, 4) is 17.1 Å². The van der Waals surface area contributed by atoms with E-state index in [9.17, 15) is 5.11 Å². The Bertz CT molecular complexity index is 1050. The Hall–Kier alpha value is -3.11. The summed E-state index contributed by atoms with van der Waals surface area (Å²) in [6.45, 7) is 1.98. The number of anilines is 2. The first-order chi connectivity index (χ1) is 12.2. The normalized spacial score (nSPS) is 10.3. The number of para-hydroxylation sites is 1. The second kappa shape index (κ2) is 7.42. The highest BCUT2D eigenvalue weighted by molar-refractivity contribution is 5.92. The molecule has 2 N–H and O–H groups in total. The van der Waals surface area contributed by atoms with Gasteiger partial charge in [-0.25, -0.2) is 9.97 Å². The Balaban J connectivity index is 0.00000196. The van der Waals surface area contributed by atoms with E-state index in [-0.39, 0.29) is 18.2 Å². The van der Waals surface area contributed by atoms with Crippen LogP contribution in [0, 0.1) is 6.92 Å². The average molecular weight is 364 g/mol. The SMILES string of the molecule is Cc1ccc(O)c(Nc2nc(-c3ccccc3)nc3ccccc23)c1.Cl. The number of phenols is 1. The number of phenolic OH excluding ortho intramolecular Hbond substituents is 1. The molecule has 130 valence electrons. The number of rotatable bonds is 3. The molecular formula is C21H18ClN3O. The number of nitrogens with zero attached hydrogens (tertiary/aromatic N) is 2. The summed E-state index contributed by atoms with van der Waals surface area (Å²) in [5.41, 5.74) is 3.49. The molecule has 1 heterocycles. The van der Waals surface area contributed by atoms with Gasteiger partial charge in [-0.2, -0.15) is 0 Å². The lowest BCUT2D eigenvalue weighted by molar-refractivity contribution is 0.477. The quantitative estimate of drug-likeness (QED) is 0.473. The van der Waals surface area contributed by atoms with E-state index in [0.717, 1.165) is 22.0 Å². The summed E-state index contributed by atoms with van der Waals surface area (Å²) in [6, 6.07) is 23.2. The third-order valence-corrected chi connectivity index (χ3v) is 4.04. The van der Waals surface area contributed by atoms with E-state index < -0.39 is 0 Å². The summed E-state index contributed by atoms with van der Waals surface area (Å²) in [5, 5.41) is 14.3. The van der Waals surface area contributed by atoms with Crippen LogP contribution in [-0.2, 0) is 0 Å². The Kier molecular flexibility index (Phi) is 5.05. The number of aryl methyl sites for hydroxylation is 1. The summed E-state index contributed by atoms with van der Waals surface area (Å²) >= 11 is 0. The van der Waals surface area contributed by atoms with Gasteiger partial charge in [0.1, 0.15) is 11.6 Å². The van der Waals surface area contributed by atoms with Gasteiger partial charge >= 0.3 is 0 Å². The fraction of sp³-hybridized carbons (Fsp3) is 0.0476. The summed E-state index contributed by atoms with van der Waals surface area (Å²) in [6.07, 6.45) is 0. The van der Waals surface area contributed by atoms with E-state index >= 15 is 0 Å². The molecule has 0 fully saturated rings. The minimum Gasteiger partial charge on any atom is -0.506 e. The molecule has 0 aliphatic carbocycles. The fourth-order valence-electron chi connectivity index (χ4n) is 2.77. The molecule has 0 saturated heterocycles. The van der Waals surface area contributed by atoms with E-state index in [1.807, 2.05) is 73.7 Å². The minimum absolute atomic E-state index is 0. The molecule has 0 aliphatic heterocycles. The highest BCUT2D eigenvalue weighted by Gasteiger charge is 2.11. The van der Waals surface area contributed by atoms with Crippen molar-refractivity contribution in [2.24, 2.45) is 0 Å². The van der Waals surface area contributed by atoms with Gasteiger partial charge in [0.15, 0.2) is 5.82 Å². The van der Waals surface area contributed by atoms with Gasteiger partial charge in [-0.3, -0.25) is 0 Å².